The van der Waals surface area contributed by atoms with E-state index in [1.165, 1.54) is 40.5 Å². The van der Waals surface area contributed by atoms with Crippen molar-refractivity contribution in [1.82, 2.24) is 4.98 Å². The summed E-state index contributed by atoms with van der Waals surface area (Å²) in [6.45, 7) is 0. The lowest BCUT2D eigenvalue weighted by molar-refractivity contribution is 0.623. The molecule has 0 bridgehead atoms. The number of anilines is 1. The first kappa shape index (κ1) is 11.4. The van der Waals surface area contributed by atoms with Crippen molar-refractivity contribution in [3.8, 4) is 0 Å². The zero-order valence-electron chi connectivity index (χ0n) is 9.69. The minimum absolute atomic E-state index is 0.827. The summed E-state index contributed by atoms with van der Waals surface area (Å²) in [5.74, 6) is 2.15. The molecule has 3 rings (SSSR count). The monoisotopic (exact) mass is 264 g/mol. The Kier molecular flexibility index (Phi) is 3.25. The second kappa shape index (κ2) is 4.86. The van der Waals surface area contributed by atoms with Crippen LogP contribution in [0.5, 0.6) is 0 Å². The van der Waals surface area contributed by atoms with Crippen molar-refractivity contribution >= 4 is 39.0 Å². The molecular formula is C13H16N2S2. The summed E-state index contributed by atoms with van der Waals surface area (Å²) in [7, 11) is 0. The number of nitrogens with zero attached hydrogens (tertiary/aromatic N) is 1. The van der Waals surface area contributed by atoms with Gasteiger partial charge in [0.1, 0.15) is 0 Å². The molecule has 1 aliphatic carbocycles. The Morgan fingerprint density at radius 2 is 2.18 bits per heavy atom. The van der Waals surface area contributed by atoms with E-state index in [4.69, 9.17) is 5.73 Å². The number of nitrogens with two attached hydrogens (primary N) is 1. The molecule has 1 aromatic carbocycles. The van der Waals surface area contributed by atoms with Crippen molar-refractivity contribution in [2.24, 2.45) is 5.92 Å². The molecule has 1 aliphatic rings. The number of nitrogen functional groups attached to an aromatic ring is 1. The molecule has 1 heterocycles. The lowest BCUT2D eigenvalue weighted by Gasteiger charge is -2.05. The van der Waals surface area contributed by atoms with E-state index < -0.39 is 0 Å². The van der Waals surface area contributed by atoms with E-state index in [0.29, 0.717) is 0 Å². The lowest BCUT2D eigenvalue weighted by Crippen LogP contribution is -1.95. The van der Waals surface area contributed by atoms with Gasteiger partial charge in [-0.25, -0.2) is 4.98 Å². The maximum atomic E-state index is 5.78. The van der Waals surface area contributed by atoms with E-state index in [9.17, 15) is 0 Å². The van der Waals surface area contributed by atoms with Gasteiger partial charge in [-0.3, -0.25) is 0 Å². The van der Waals surface area contributed by atoms with Gasteiger partial charge in [-0.2, -0.15) is 0 Å². The molecule has 2 aromatic rings. The topological polar surface area (TPSA) is 38.9 Å². The van der Waals surface area contributed by atoms with Crippen molar-refractivity contribution in [3.63, 3.8) is 0 Å². The Bertz CT molecular complexity index is 515. The standard InChI is InChI=1S/C13H16N2S2/c14-10-5-6-11-12(7-10)17-13(15-11)16-8-9-3-1-2-4-9/h5-7,9H,1-4,8,14H2. The summed E-state index contributed by atoms with van der Waals surface area (Å²) in [4.78, 5) is 4.64. The fraction of sp³-hybridized carbons (Fsp3) is 0.462. The van der Waals surface area contributed by atoms with E-state index in [1.54, 1.807) is 11.3 Å². The first-order chi connectivity index (χ1) is 8.31. The van der Waals surface area contributed by atoms with Crippen LogP contribution in [0.25, 0.3) is 10.2 Å². The van der Waals surface area contributed by atoms with Gasteiger partial charge in [-0.05, 0) is 37.0 Å². The molecule has 0 saturated heterocycles. The third kappa shape index (κ3) is 2.58. The molecule has 90 valence electrons. The van der Waals surface area contributed by atoms with Gasteiger partial charge in [0.15, 0.2) is 4.34 Å². The van der Waals surface area contributed by atoms with Gasteiger partial charge in [0, 0.05) is 11.4 Å². The smallest absolute Gasteiger partial charge is 0.151 e. The van der Waals surface area contributed by atoms with Gasteiger partial charge in [-0.15, -0.1) is 11.3 Å². The summed E-state index contributed by atoms with van der Waals surface area (Å²) >= 11 is 3.68. The van der Waals surface area contributed by atoms with Crippen LogP contribution in [0.3, 0.4) is 0 Å². The number of hydrogen-bond donors (Lipinski definition) is 1. The molecule has 0 atom stereocenters. The van der Waals surface area contributed by atoms with Crippen LogP contribution in [-0.2, 0) is 0 Å². The van der Waals surface area contributed by atoms with Gasteiger partial charge in [0.25, 0.3) is 0 Å². The quantitative estimate of drug-likeness (QED) is 0.668. The summed E-state index contributed by atoms with van der Waals surface area (Å²) < 4.78 is 2.40. The van der Waals surface area contributed by atoms with E-state index in [0.717, 1.165) is 17.1 Å². The van der Waals surface area contributed by atoms with Crippen LogP contribution in [0.4, 0.5) is 5.69 Å². The highest BCUT2D eigenvalue weighted by Gasteiger charge is 2.16. The van der Waals surface area contributed by atoms with Gasteiger partial charge >= 0.3 is 0 Å². The number of rotatable bonds is 3. The molecular weight excluding hydrogens is 248 g/mol. The molecule has 0 aliphatic heterocycles. The predicted octanol–water partition coefficient (Wildman–Crippen LogP) is 4.16. The molecule has 0 radical (unpaired) electrons. The normalized spacial score (nSPS) is 16.9. The Balaban J connectivity index is 1.72. The molecule has 2 N–H and O–H groups in total. The molecule has 1 aromatic heterocycles. The molecule has 4 heteroatoms. The van der Waals surface area contributed by atoms with Crippen molar-refractivity contribution in [2.45, 2.75) is 30.0 Å². The summed E-state index contributed by atoms with van der Waals surface area (Å²) in [6.07, 6.45) is 5.65. The Morgan fingerprint density at radius 1 is 1.35 bits per heavy atom. The maximum Gasteiger partial charge on any atom is 0.151 e. The van der Waals surface area contributed by atoms with E-state index in [-0.39, 0.29) is 0 Å². The molecule has 1 fully saturated rings. The van der Waals surface area contributed by atoms with Gasteiger partial charge in [0.2, 0.25) is 0 Å². The fourth-order valence-corrected chi connectivity index (χ4v) is 4.68. The SMILES string of the molecule is Nc1ccc2nc(SCC3CCCC3)sc2c1. The van der Waals surface area contributed by atoms with Crippen molar-refractivity contribution in [3.05, 3.63) is 18.2 Å². The highest BCUT2D eigenvalue weighted by molar-refractivity contribution is 8.01. The highest BCUT2D eigenvalue weighted by atomic mass is 32.2. The zero-order chi connectivity index (χ0) is 11.7. The number of fused-ring (bicyclic) bond motifs is 1. The second-order valence-electron chi connectivity index (χ2n) is 4.67. The lowest BCUT2D eigenvalue weighted by atomic mass is 10.1. The maximum absolute atomic E-state index is 5.78. The van der Waals surface area contributed by atoms with Crippen LogP contribution in [0.1, 0.15) is 25.7 Å². The third-order valence-corrected chi connectivity index (χ3v) is 5.70. The molecule has 1 saturated carbocycles. The minimum atomic E-state index is 0.827. The van der Waals surface area contributed by atoms with Crippen LogP contribution in [0.15, 0.2) is 22.5 Å². The minimum Gasteiger partial charge on any atom is -0.399 e. The molecule has 17 heavy (non-hydrogen) atoms. The van der Waals surface area contributed by atoms with E-state index in [1.807, 2.05) is 30.0 Å². The summed E-state index contributed by atoms with van der Waals surface area (Å²) in [5.41, 5.74) is 7.69. The summed E-state index contributed by atoms with van der Waals surface area (Å²) in [6, 6.07) is 5.96. The van der Waals surface area contributed by atoms with Crippen LogP contribution in [0.2, 0.25) is 0 Å². The van der Waals surface area contributed by atoms with Crippen LogP contribution in [-0.4, -0.2) is 10.7 Å². The van der Waals surface area contributed by atoms with Crippen LogP contribution >= 0.6 is 23.1 Å². The second-order valence-corrected chi connectivity index (χ2v) is 6.97. The first-order valence-electron chi connectivity index (χ1n) is 6.10. The average molecular weight is 264 g/mol. The van der Waals surface area contributed by atoms with E-state index >= 15 is 0 Å². The number of aromatic nitrogens is 1. The molecule has 0 amide bonds. The number of thiazole rings is 1. The Hall–Kier alpha value is -0.740. The van der Waals surface area contributed by atoms with Crippen molar-refractivity contribution in [2.75, 3.05) is 11.5 Å². The van der Waals surface area contributed by atoms with Crippen LogP contribution in [0, 0.1) is 5.92 Å². The van der Waals surface area contributed by atoms with Gasteiger partial charge in [0.05, 0.1) is 10.2 Å². The van der Waals surface area contributed by atoms with Gasteiger partial charge in [-0.1, -0.05) is 24.6 Å². The highest BCUT2D eigenvalue weighted by Crippen LogP contribution is 2.35. The van der Waals surface area contributed by atoms with Crippen molar-refractivity contribution < 1.29 is 0 Å². The first-order valence-corrected chi connectivity index (χ1v) is 7.90. The molecule has 0 spiro atoms. The van der Waals surface area contributed by atoms with E-state index in [2.05, 4.69) is 4.98 Å². The Morgan fingerprint density at radius 3 is 3.00 bits per heavy atom. The average Bonchev–Trinajstić information content (AvgIpc) is 2.94. The largest absolute Gasteiger partial charge is 0.399 e. The Labute approximate surface area is 110 Å². The number of thioether (sulfide) groups is 1. The zero-order valence-corrected chi connectivity index (χ0v) is 11.3. The number of benzene rings is 1. The molecule has 2 nitrogen and oxygen atoms in total. The molecule has 0 unspecified atom stereocenters. The van der Waals surface area contributed by atoms with Crippen LogP contribution < -0.4 is 5.73 Å². The number of hydrogen-bond acceptors (Lipinski definition) is 4. The van der Waals surface area contributed by atoms with Gasteiger partial charge < -0.3 is 5.73 Å². The fourth-order valence-electron chi connectivity index (χ4n) is 2.35. The third-order valence-electron chi connectivity index (χ3n) is 3.31. The summed E-state index contributed by atoms with van der Waals surface area (Å²) in [5, 5.41) is 0. The predicted molar refractivity (Wildman–Crippen MR) is 76.7 cm³/mol. The van der Waals surface area contributed by atoms with Crippen molar-refractivity contribution in [1.29, 1.82) is 0 Å².